The minimum atomic E-state index is -1.95. The molecule has 2 rings (SSSR count). The number of nitro groups is 1. The number of benzene rings is 2. The Hall–Kier alpha value is -2.33. The Kier molecular flexibility index (Phi) is 7.86. The van der Waals surface area contributed by atoms with E-state index in [2.05, 4.69) is 16.0 Å². The lowest BCUT2D eigenvalue weighted by Gasteiger charge is -2.28. The van der Waals surface area contributed by atoms with Crippen LogP contribution in [0.2, 0.25) is 0 Å². The second-order valence-electron chi connectivity index (χ2n) is 5.55. The van der Waals surface area contributed by atoms with Gasteiger partial charge < -0.3 is 20.7 Å². The van der Waals surface area contributed by atoms with Gasteiger partial charge in [0.1, 0.15) is 11.9 Å². The Labute approximate surface area is 186 Å². The molecule has 0 unspecified atom stereocenters. The molecule has 8 nitrogen and oxygen atoms in total. The van der Waals surface area contributed by atoms with E-state index in [1.54, 1.807) is 24.3 Å². The number of methoxy groups -OCH3 is 1. The molecule has 0 aromatic heterocycles. The second kappa shape index (κ2) is 9.93. The normalized spacial score (nSPS) is 11.9. The quantitative estimate of drug-likeness (QED) is 0.190. The molecular weight excluding hydrogens is 463 g/mol. The first-order valence-electron chi connectivity index (χ1n) is 7.94. The van der Waals surface area contributed by atoms with E-state index in [1.807, 2.05) is 0 Å². The summed E-state index contributed by atoms with van der Waals surface area (Å²) in [6.45, 7) is 0. The predicted octanol–water partition coefficient (Wildman–Crippen LogP) is 4.02. The van der Waals surface area contributed by atoms with Gasteiger partial charge in [0, 0.05) is 17.8 Å². The summed E-state index contributed by atoms with van der Waals surface area (Å²) in [6.07, 6.45) is -1.19. The van der Waals surface area contributed by atoms with Crippen molar-refractivity contribution in [3.8, 4) is 5.75 Å². The molecule has 1 atom stereocenters. The van der Waals surface area contributed by atoms with Crippen LogP contribution in [-0.2, 0) is 0 Å². The lowest BCUT2D eigenvalue weighted by molar-refractivity contribution is -0.384. The molecule has 154 valence electrons. The van der Waals surface area contributed by atoms with Gasteiger partial charge in [0.2, 0.25) is 3.79 Å². The number of rotatable bonds is 6. The fourth-order valence-corrected chi connectivity index (χ4v) is 2.77. The zero-order valence-corrected chi connectivity index (χ0v) is 17.9. The molecule has 3 N–H and O–H groups in total. The fourth-order valence-electron chi connectivity index (χ4n) is 2.21. The average Bonchev–Trinajstić information content (AvgIpc) is 2.67. The number of para-hydroxylation sites is 1. The number of carbonyl (C=O) groups excluding carboxylic acids is 1. The molecule has 0 radical (unpaired) electrons. The van der Waals surface area contributed by atoms with Crippen molar-refractivity contribution in [1.29, 1.82) is 0 Å². The summed E-state index contributed by atoms with van der Waals surface area (Å²) in [5, 5.41) is 18.8. The van der Waals surface area contributed by atoms with Gasteiger partial charge in [0.15, 0.2) is 5.11 Å². The molecule has 0 aliphatic rings. The van der Waals surface area contributed by atoms with Crippen LogP contribution < -0.4 is 20.7 Å². The number of halogens is 3. The van der Waals surface area contributed by atoms with Gasteiger partial charge in [0.25, 0.3) is 11.6 Å². The van der Waals surface area contributed by atoms with Crippen molar-refractivity contribution in [1.82, 2.24) is 10.6 Å². The van der Waals surface area contributed by atoms with E-state index in [0.29, 0.717) is 11.4 Å². The molecule has 0 saturated heterocycles. The Morgan fingerprint density at radius 1 is 1.14 bits per heavy atom. The standard InChI is InChI=1S/C17H15Cl3N4O4S/c1-28-13-5-3-2-4-12(13)14(25)22-15(17(18,19)20)23-16(29)21-10-6-8-11(9-7-10)24(26)27/h2-9,15H,1H3,(H,22,25)(H2,21,23,29)/t15-/m1/s1. The maximum atomic E-state index is 12.6. The van der Waals surface area contributed by atoms with Crippen LogP contribution in [0.3, 0.4) is 0 Å². The third-order valence-corrected chi connectivity index (χ3v) is 4.44. The SMILES string of the molecule is COc1ccccc1C(=O)N[C@H](NC(=S)Nc1ccc([N+](=O)[O-])cc1)C(Cl)(Cl)Cl. The average molecular weight is 478 g/mol. The monoisotopic (exact) mass is 476 g/mol. The minimum absolute atomic E-state index is 0.0236. The number of non-ortho nitro benzene ring substituents is 1. The van der Waals surface area contributed by atoms with Gasteiger partial charge in [-0.2, -0.15) is 0 Å². The highest BCUT2D eigenvalue weighted by Gasteiger charge is 2.35. The topological polar surface area (TPSA) is 106 Å². The molecule has 0 aliphatic heterocycles. The summed E-state index contributed by atoms with van der Waals surface area (Å²) in [4.78, 5) is 22.8. The highest BCUT2D eigenvalue weighted by Crippen LogP contribution is 2.30. The number of anilines is 1. The van der Waals surface area contributed by atoms with Gasteiger partial charge >= 0.3 is 0 Å². The molecule has 2 aromatic rings. The van der Waals surface area contributed by atoms with E-state index in [9.17, 15) is 14.9 Å². The fraction of sp³-hybridized carbons (Fsp3) is 0.176. The first kappa shape index (κ1) is 23.0. The van der Waals surface area contributed by atoms with Crippen LogP contribution in [0.4, 0.5) is 11.4 Å². The van der Waals surface area contributed by atoms with Crippen molar-refractivity contribution in [2.45, 2.75) is 9.96 Å². The van der Waals surface area contributed by atoms with Crippen molar-refractivity contribution < 1.29 is 14.5 Å². The smallest absolute Gasteiger partial charge is 0.269 e. The van der Waals surface area contributed by atoms with Crippen LogP contribution in [-0.4, -0.2) is 33.0 Å². The maximum Gasteiger partial charge on any atom is 0.269 e. The van der Waals surface area contributed by atoms with Gasteiger partial charge in [-0.3, -0.25) is 14.9 Å². The van der Waals surface area contributed by atoms with Crippen LogP contribution in [0.15, 0.2) is 48.5 Å². The molecule has 0 aliphatic carbocycles. The number of alkyl halides is 3. The first-order chi connectivity index (χ1) is 13.6. The summed E-state index contributed by atoms with van der Waals surface area (Å²) < 4.78 is 3.21. The van der Waals surface area contributed by atoms with Gasteiger partial charge in [-0.15, -0.1) is 0 Å². The maximum absolute atomic E-state index is 12.6. The highest BCUT2D eigenvalue weighted by molar-refractivity contribution is 7.80. The van der Waals surface area contributed by atoms with E-state index < -0.39 is 20.8 Å². The van der Waals surface area contributed by atoms with Gasteiger partial charge in [-0.05, 0) is 36.5 Å². The molecule has 0 fully saturated rings. The number of ether oxygens (including phenoxy) is 1. The molecule has 0 spiro atoms. The third kappa shape index (κ3) is 6.60. The summed E-state index contributed by atoms with van der Waals surface area (Å²) >= 11 is 23.1. The molecule has 0 saturated carbocycles. The number of nitro benzene ring substituents is 1. The van der Waals surface area contributed by atoms with Crippen LogP contribution in [0.1, 0.15) is 10.4 Å². The molecule has 2 aromatic carbocycles. The van der Waals surface area contributed by atoms with Gasteiger partial charge in [-0.1, -0.05) is 46.9 Å². The van der Waals surface area contributed by atoms with Crippen molar-refractivity contribution in [2.75, 3.05) is 12.4 Å². The molecule has 0 bridgehead atoms. The highest BCUT2D eigenvalue weighted by atomic mass is 35.6. The molecule has 0 heterocycles. The predicted molar refractivity (Wildman–Crippen MR) is 117 cm³/mol. The van der Waals surface area contributed by atoms with Crippen LogP contribution in [0, 0.1) is 10.1 Å². The van der Waals surface area contributed by atoms with Crippen LogP contribution in [0.25, 0.3) is 0 Å². The summed E-state index contributed by atoms with van der Waals surface area (Å²) in [5.74, 6) is -0.205. The van der Waals surface area contributed by atoms with Crippen molar-refractivity contribution in [2.24, 2.45) is 0 Å². The largest absolute Gasteiger partial charge is 0.496 e. The number of nitrogens with zero attached hydrogens (tertiary/aromatic N) is 1. The Bertz CT molecular complexity index is 906. The van der Waals surface area contributed by atoms with Crippen molar-refractivity contribution in [3.63, 3.8) is 0 Å². The molecule has 29 heavy (non-hydrogen) atoms. The lowest BCUT2D eigenvalue weighted by Crippen LogP contribution is -2.56. The van der Waals surface area contributed by atoms with E-state index in [4.69, 9.17) is 51.8 Å². The number of thiocarbonyl (C=S) groups is 1. The van der Waals surface area contributed by atoms with Gasteiger partial charge in [-0.25, -0.2) is 0 Å². The summed E-state index contributed by atoms with van der Waals surface area (Å²) in [6, 6.07) is 12.1. The van der Waals surface area contributed by atoms with Crippen LogP contribution >= 0.6 is 47.0 Å². The van der Waals surface area contributed by atoms with Crippen molar-refractivity contribution >= 4 is 69.4 Å². The minimum Gasteiger partial charge on any atom is -0.496 e. The second-order valence-corrected chi connectivity index (χ2v) is 8.33. The van der Waals surface area contributed by atoms with Crippen molar-refractivity contribution in [3.05, 3.63) is 64.2 Å². The van der Waals surface area contributed by atoms with E-state index in [1.165, 1.54) is 31.4 Å². The Balaban J connectivity index is 2.09. The number of hydrogen-bond acceptors (Lipinski definition) is 5. The first-order valence-corrected chi connectivity index (χ1v) is 9.48. The van der Waals surface area contributed by atoms with Crippen LogP contribution in [0.5, 0.6) is 5.75 Å². The number of amides is 1. The van der Waals surface area contributed by atoms with E-state index >= 15 is 0 Å². The van der Waals surface area contributed by atoms with Gasteiger partial charge in [0.05, 0.1) is 17.6 Å². The number of nitrogens with one attached hydrogen (secondary N) is 3. The zero-order valence-electron chi connectivity index (χ0n) is 14.8. The summed E-state index contributed by atoms with van der Waals surface area (Å²) in [5.41, 5.74) is 0.634. The Morgan fingerprint density at radius 3 is 2.31 bits per heavy atom. The Morgan fingerprint density at radius 2 is 1.76 bits per heavy atom. The van der Waals surface area contributed by atoms with E-state index in [-0.39, 0.29) is 16.4 Å². The van der Waals surface area contributed by atoms with E-state index in [0.717, 1.165) is 0 Å². The third-order valence-electron chi connectivity index (χ3n) is 3.57. The molecular formula is C17H15Cl3N4O4S. The summed E-state index contributed by atoms with van der Waals surface area (Å²) in [7, 11) is 1.43. The molecule has 1 amide bonds. The number of carbonyl (C=O) groups is 1. The zero-order chi connectivity index (χ0) is 21.6. The lowest BCUT2D eigenvalue weighted by atomic mass is 10.2. The number of hydrogen-bond donors (Lipinski definition) is 3. The molecule has 12 heteroatoms.